The summed E-state index contributed by atoms with van der Waals surface area (Å²) >= 11 is 0. The third-order valence-corrected chi connectivity index (χ3v) is 5.87. The number of nitrogens with one attached hydrogen (secondary N) is 1. The van der Waals surface area contributed by atoms with Gasteiger partial charge in [-0.3, -0.25) is 0 Å². The molecule has 0 saturated carbocycles. The first kappa shape index (κ1) is 19.2. The van der Waals surface area contributed by atoms with E-state index in [0.29, 0.717) is 12.6 Å². The highest BCUT2D eigenvalue weighted by Crippen LogP contribution is 2.38. The number of aromatic nitrogens is 1. The van der Waals surface area contributed by atoms with Crippen molar-refractivity contribution in [2.45, 2.75) is 51.6 Å². The molecule has 148 valence electrons. The molecule has 1 aromatic heterocycles. The van der Waals surface area contributed by atoms with Gasteiger partial charge in [-0.15, -0.1) is 0 Å². The predicted octanol–water partition coefficient (Wildman–Crippen LogP) is 4.74. The number of ether oxygens (including phenoxy) is 2. The summed E-state index contributed by atoms with van der Waals surface area (Å²) in [7, 11) is 3.42. The molecule has 1 aliphatic carbocycles. The Hall–Kier alpha value is -2.14. The van der Waals surface area contributed by atoms with Crippen molar-refractivity contribution < 1.29 is 9.47 Å². The van der Waals surface area contributed by atoms with E-state index >= 15 is 0 Å². The summed E-state index contributed by atoms with van der Waals surface area (Å²) in [6, 6.07) is 17.8. The van der Waals surface area contributed by atoms with Crippen LogP contribution in [0.5, 0.6) is 0 Å². The number of methoxy groups -OCH3 is 2. The summed E-state index contributed by atoms with van der Waals surface area (Å²) in [5, 5.41) is 5.20. The average molecular weight is 379 g/mol. The molecule has 1 aliphatic rings. The fourth-order valence-electron chi connectivity index (χ4n) is 4.47. The van der Waals surface area contributed by atoms with Gasteiger partial charge in [0.25, 0.3) is 0 Å². The molecule has 0 unspecified atom stereocenters. The SMILES string of the molecule is COC(Cn1c2c(c3cc(C)ccc31)CCC[C@@H]2NCc1ccccc1)OC. The minimum atomic E-state index is -0.252. The first-order valence-corrected chi connectivity index (χ1v) is 10.2. The van der Waals surface area contributed by atoms with Gasteiger partial charge >= 0.3 is 0 Å². The molecule has 4 heteroatoms. The number of hydrogen-bond acceptors (Lipinski definition) is 3. The summed E-state index contributed by atoms with van der Waals surface area (Å²) in [6.07, 6.45) is 3.25. The lowest BCUT2D eigenvalue weighted by molar-refractivity contribution is -0.110. The molecule has 2 aromatic carbocycles. The Balaban J connectivity index is 1.74. The van der Waals surface area contributed by atoms with Gasteiger partial charge in [-0.25, -0.2) is 0 Å². The number of fused-ring (bicyclic) bond motifs is 3. The highest BCUT2D eigenvalue weighted by Gasteiger charge is 2.28. The lowest BCUT2D eigenvalue weighted by atomic mass is 9.91. The molecule has 1 atom stereocenters. The van der Waals surface area contributed by atoms with Crippen LogP contribution in [0, 0.1) is 6.92 Å². The Morgan fingerprint density at radius 2 is 1.89 bits per heavy atom. The number of hydrogen-bond donors (Lipinski definition) is 1. The van der Waals surface area contributed by atoms with Crippen LogP contribution in [0.1, 0.15) is 41.3 Å². The van der Waals surface area contributed by atoms with Crippen molar-refractivity contribution in [3.8, 4) is 0 Å². The fraction of sp³-hybridized carbons (Fsp3) is 0.417. The van der Waals surface area contributed by atoms with Crippen LogP contribution in [0.3, 0.4) is 0 Å². The summed E-state index contributed by atoms with van der Waals surface area (Å²) in [4.78, 5) is 0. The largest absolute Gasteiger partial charge is 0.354 e. The van der Waals surface area contributed by atoms with Gasteiger partial charge in [-0.05, 0) is 49.4 Å². The molecular weight excluding hydrogens is 348 g/mol. The molecule has 0 aliphatic heterocycles. The maximum absolute atomic E-state index is 5.54. The Morgan fingerprint density at radius 3 is 2.64 bits per heavy atom. The molecule has 0 amide bonds. The smallest absolute Gasteiger partial charge is 0.174 e. The second-order valence-electron chi connectivity index (χ2n) is 7.71. The molecule has 4 rings (SSSR count). The van der Waals surface area contributed by atoms with Crippen molar-refractivity contribution in [3.05, 3.63) is 70.9 Å². The van der Waals surface area contributed by atoms with E-state index in [0.717, 1.165) is 19.4 Å². The van der Waals surface area contributed by atoms with Gasteiger partial charge < -0.3 is 19.4 Å². The van der Waals surface area contributed by atoms with E-state index in [-0.39, 0.29) is 6.29 Å². The van der Waals surface area contributed by atoms with Crippen LogP contribution in [-0.2, 0) is 29.0 Å². The van der Waals surface area contributed by atoms with Crippen LogP contribution in [0.15, 0.2) is 48.5 Å². The van der Waals surface area contributed by atoms with Gasteiger partial charge in [-0.2, -0.15) is 0 Å². The van der Waals surface area contributed by atoms with Crippen molar-refractivity contribution >= 4 is 10.9 Å². The van der Waals surface area contributed by atoms with Crippen molar-refractivity contribution in [1.82, 2.24) is 9.88 Å². The van der Waals surface area contributed by atoms with E-state index in [2.05, 4.69) is 65.3 Å². The first-order valence-electron chi connectivity index (χ1n) is 10.2. The van der Waals surface area contributed by atoms with E-state index in [9.17, 15) is 0 Å². The third kappa shape index (κ3) is 3.72. The van der Waals surface area contributed by atoms with E-state index in [4.69, 9.17) is 9.47 Å². The van der Waals surface area contributed by atoms with Crippen LogP contribution in [0.2, 0.25) is 0 Å². The Bertz CT molecular complexity index is 929. The molecule has 0 radical (unpaired) electrons. The third-order valence-electron chi connectivity index (χ3n) is 5.87. The Kier molecular flexibility index (Phi) is 5.81. The zero-order chi connectivity index (χ0) is 19.5. The van der Waals surface area contributed by atoms with Gasteiger partial charge in [-0.1, -0.05) is 42.0 Å². The quantitative estimate of drug-likeness (QED) is 0.604. The number of aryl methyl sites for hydroxylation is 2. The topological polar surface area (TPSA) is 35.4 Å². The number of nitrogens with zero attached hydrogens (tertiary/aromatic N) is 1. The molecule has 0 bridgehead atoms. The monoisotopic (exact) mass is 378 g/mol. The van der Waals surface area contributed by atoms with Gasteiger partial charge in [0.1, 0.15) is 0 Å². The fourth-order valence-corrected chi connectivity index (χ4v) is 4.47. The standard InChI is InChI=1S/C24H30N2O2/c1-17-12-13-22-20(14-17)19-10-7-11-21(25-15-18-8-5-4-6-9-18)24(19)26(22)16-23(27-2)28-3/h4-6,8-9,12-14,21,23,25H,7,10-11,15-16H2,1-3H3/t21-/m0/s1. The Morgan fingerprint density at radius 1 is 1.11 bits per heavy atom. The number of rotatable bonds is 7. The maximum Gasteiger partial charge on any atom is 0.174 e. The minimum absolute atomic E-state index is 0.252. The van der Waals surface area contributed by atoms with E-state index < -0.39 is 0 Å². The summed E-state index contributed by atoms with van der Waals surface area (Å²) in [5.41, 5.74) is 6.80. The van der Waals surface area contributed by atoms with Crippen LogP contribution in [-0.4, -0.2) is 25.1 Å². The number of benzene rings is 2. The minimum Gasteiger partial charge on any atom is -0.354 e. The second-order valence-corrected chi connectivity index (χ2v) is 7.71. The second kappa shape index (κ2) is 8.48. The van der Waals surface area contributed by atoms with Crippen molar-refractivity contribution in [2.24, 2.45) is 0 Å². The summed E-state index contributed by atoms with van der Waals surface area (Å²) in [5.74, 6) is 0. The van der Waals surface area contributed by atoms with E-state index in [1.54, 1.807) is 14.2 Å². The van der Waals surface area contributed by atoms with Crippen molar-refractivity contribution in [2.75, 3.05) is 14.2 Å². The molecule has 28 heavy (non-hydrogen) atoms. The highest BCUT2D eigenvalue weighted by molar-refractivity contribution is 5.86. The van der Waals surface area contributed by atoms with Gasteiger partial charge in [0.05, 0.1) is 6.54 Å². The molecule has 3 aromatic rings. The van der Waals surface area contributed by atoms with Crippen LogP contribution in [0.4, 0.5) is 0 Å². The zero-order valence-corrected chi connectivity index (χ0v) is 17.1. The van der Waals surface area contributed by atoms with Crippen molar-refractivity contribution in [1.29, 1.82) is 0 Å². The van der Waals surface area contributed by atoms with Crippen molar-refractivity contribution in [3.63, 3.8) is 0 Å². The van der Waals surface area contributed by atoms with Gasteiger partial charge in [0.2, 0.25) is 0 Å². The molecule has 0 saturated heterocycles. The van der Waals surface area contributed by atoms with Gasteiger partial charge in [0, 0.05) is 43.4 Å². The highest BCUT2D eigenvalue weighted by atomic mass is 16.7. The molecule has 0 spiro atoms. The van der Waals surface area contributed by atoms with E-state index in [1.807, 2.05) is 0 Å². The molecule has 4 nitrogen and oxygen atoms in total. The zero-order valence-electron chi connectivity index (χ0n) is 17.1. The maximum atomic E-state index is 5.54. The van der Waals surface area contributed by atoms with Gasteiger partial charge in [0.15, 0.2) is 6.29 Å². The predicted molar refractivity (Wildman–Crippen MR) is 113 cm³/mol. The summed E-state index contributed by atoms with van der Waals surface area (Å²) < 4.78 is 13.5. The van der Waals surface area contributed by atoms with Crippen LogP contribution < -0.4 is 5.32 Å². The lowest BCUT2D eigenvalue weighted by Crippen LogP contribution is -2.29. The summed E-state index contributed by atoms with van der Waals surface area (Å²) in [6.45, 7) is 3.75. The molecule has 1 N–H and O–H groups in total. The van der Waals surface area contributed by atoms with E-state index in [1.165, 1.54) is 39.7 Å². The molecule has 1 heterocycles. The molecular formula is C24H30N2O2. The lowest BCUT2D eigenvalue weighted by Gasteiger charge is -2.28. The first-order chi connectivity index (χ1) is 13.7. The van der Waals surface area contributed by atoms with Crippen LogP contribution in [0.25, 0.3) is 10.9 Å². The normalized spacial score (nSPS) is 16.6. The average Bonchev–Trinajstić information content (AvgIpc) is 3.04. The Labute approximate surface area is 167 Å². The van der Waals surface area contributed by atoms with Crippen LogP contribution >= 0.6 is 0 Å². The molecule has 0 fully saturated rings.